The van der Waals surface area contributed by atoms with Crippen molar-refractivity contribution in [1.82, 2.24) is 9.97 Å². The highest BCUT2D eigenvalue weighted by atomic mass is 15.1. The van der Waals surface area contributed by atoms with Crippen LogP contribution in [0.1, 0.15) is 6.92 Å². The van der Waals surface area contributed by atoms with Gasteiger partial charge in [-0.05, 0) is 13.0 Å². The van der Waals surface area contributed by atoms with Gasteiger partial charge in [-0.2, -0.15) is 0 Å². The van der Waals surface area contributed by atoms with Crippen LogP contribution in [0.4, 0.5) is 5.95 Å². The average Bonchev–Trinajstić information content (AvgIpc) is 2.07. The van der Waals surface area contributed by atoms with Crippen molar-refractivity contribution in [3.63, 3.8) is 0 Å². The summed E-state index contributed by atoms with van der Waals surface area (Å²) in [5, 5.41) is 2.95. The predicted octanol–water partition coefficient (Wildman–Crippen LogP) is 0.912. The summed E-state index contributed by atoms with van der Waals surface area (Å²) in [6.45, 7) is 2.40. The Morgan fingerprint density at radius 1 is 1.45 bits per heavy atom. The van der Waals surface area contributed by atoms with Gasteiger partial charge >= 0.3 is 0 Å². The molecule has 56 valence electrons. The smallest absolute Gasteiger partial charge is 0.223 e. The third-order valence-electron chi connectivity index (χ3n) is 1.08. The maximum absolute atomic E-state index is 3.96. The highest BCUT2D eigenvalue weighted by Gasteiger charge is 1.86. The lowest BCUT2D eigenvalue weighted by Gasteiger charge is -1.96. The molecule has 0 aliphatic carbocycles. The molecule has 1 rings (SSSR count). The third kappa shape index (κ3) is 2.67. The van der Waals surface area contributed by atoms with E-state index in [1.54, 1.807) is 25.4 Å². The first-order valence-corrected chi connectivity index (χ1v) is 3.34. The largest absolute Gasteiger partial charge is 0.343 e. The number of nitrogens with one attached hydrogen (secondary N) is 1. The van der Waals surface area contributed by atoms with Gasteiger partial charge in [-0.1, -0.05) is 5.92 Å². The lowest BCUT2D eigenvalue weighted by atomic mass is 10.6. The van der Waals surface area contributed by atoms with Crippen LogP contribution in [0.5, 0.6) is 0 Å². The zero-order valence-electron chi connectivity index (χ0n) is 6.33. The Morgan fingerprint density at radius 3 is 2.82 bits per heavy atom. The van der Waals surface area contributed by atoms with Crippen LogP contribution in [0.3, 0.4) is 0 Å². The van der Waals surface area contributed by atoms with E-state index in [0.717, 1.165) is 0 Å². The molecule has 0 aliphatic heterocycles. The van der Waals surface area contributed by atoms with Crippen molar-refractivity contribution in [2.45, 2.75) is 6.92 Å². The third-order valence-corrected chi connectivity index (χ3v) is 1.08. The molecule has 1 heterocycles. The average molecular weight is 147 g/mol. The summed E-state index contributed by atoms with van der Waals surface area (Å²) in [4.78, 5) is 7.92. The number of aromatic nitrogens is 2. The van der Waals surface area contributed by atoms with Crippen LogP contribution in [0.2, 0.25) is 0 Å². The Bertz CT molecular complexity index is 258. The lowest BCUT2D eigenvalue weighted by molar-refractivity contribution is 1.13. The molecule has 0 amide bonds. The first-order chi connectivity index (χ1) is 5.43. The van der Waals surface area contributed by atoms with Gasteiger partial charge in [-0.25, -0.2) is 9.97 Å². The van der Waals surface area contributed by atoms with Crippen molar-refractivity contribution in [2.75, 3.05) is 11.9 Å². The molecule has 0 saturated carbocycles. The monoisotopic (exact) mass is 147 g/mol. The lowest BCUT2D eigenvalue weighted by Crippen LogP contribution is -2.01. The molecule has 0 saturated heterocycles. The minimum absolute atomic E-state index is 0.598. The van der Waals surface area contributed by atoms with Gasteiger partial charge in [0.05, 0.1) is 6.54 Å². The molecule has 1 aromatic heterocycles. The molecule has 0 spiro atoms. The fourth-order valence-corrected chi connectivity index (χ4v) is 0.602. The molecule has 0 fully saturated rings. The fourth-order valence-electron chi connectivity index (χ4n) is 0.602. The highest BCUT2D eigenvalue weighted by Crippen LogP contribution is 1.90. The molecule has 0 aliphatic rings. The number of rotatable bonds is 2. The van der Waals surface area contributed by atoms with Crippen molar-refractivity contribution in [2.24, 2.45) is 0 Å². The summed E-state index contributed by atoms with van der Waals surface area (Å²) in [5.74, 6) is 6.25. The quantitative estimate of drug-likeness (QED) is 0.632. The summed E-state index contributed by atoms with van der Waals surface area (Å²) in [6.07, 6.45) is 3.38. The first kappa shape index (κ1) is 7.55. The van der Waals surface area contributed by atoms with E-state index >= 15 is 0 Å². The Hall–Kier alpha value is -1.56. The summed E-state index contributed by atoms with van der Waals surface area (Å²) in [5.41, 5.74) is 0. The molecule has 1 N–H and O–H groups in total. The van der Waals surface area contributed by atoms with E-state index in [-0.39, 0.29) is 0 Å². The van der Waals surface area contributed by atoms with Gasteiger partial charge in [0.15, 0.2) is 0 Å². The number of nitrogens with zero attached hydrogens (tertiary/aromatic N) is 2. The van der Waals surface area contributed by atoms with Gasteiger partial charge in [0.2, 0.25) is 5.95 Å². The second kappa shape index (κ2) is 4.29. The van der Waals surface area contributed by atoms with Crippen LogP contribution in [0.25, 0.3) is 0 Å². The Labute approximate surface area is 65.9 Å². The van der Waals surface area contributed by atoms with Crippen molar-refractivity contribution in [1.29, 1.82) is 0 Å². The summed E-state index contributed by atoms with van der Waals surface area (Å²) < 4.78 is 0. The standard InChI is InChI=1S/C8H9N3/c1-2-3-5-9-8-10-6-4-7-11-8/h4,6-7H,5H2,1H3,(H,9,10,11). The van der Waals surface area contributed by atoms with Crippen molar-refractivity contribution < 1.29 is 0 Å². The molecule has 0 bridgehead atoms. The number of hydrogen-bond donors (Lipinski definition) is 1. The predicted molar refractivity (Wildman–Crippen MR) is 44.0 cm³/mol. The first-order valence-electron chi connectivity index (χ1n) is 3.34. The molecule has 3 heteroatoms. The number of hydrogen-bond acceptors (Lipinski definition) is 3. The second-order valence-electron chi connectivity index (χ2n) is 1.85. The van der Waals surface area contributed by atoms with Crippen LogP contribution in [0, 0.1) is 11.8 Å². The van der Waals surface area contributed by atoms with Crippen LogP contribution in [-0.2, 0) is 0 Å². The van der Waals surface area contributed by atoms with Gasteiger partial charge in [-0.3, -0.25) is 0 Å². The summed E-state index contributed by atoms with van der Waals surface area (Å²) in [7, 11) is 0. The van der Waals surface area contributed by atoms with E-state index in [1.165, 1.54) is 0 Å². The van der Waals surface area contributed by atoms with Crippen molar-refractivity contribution in [3.05, 3.63) is 18.5 Å². The topological polar surface area (TPSA) is 37.8 Å². The van der Waals surface area contributed by atoms with Gasteiger partial charge in [0.25, 0.3) is 0 Å². The van der Waals surface area contributed by atoms with Gasteiger partial charge in [0.1, 0.15) is 0 Å². The highest BCUT2D eigenvalue weighted by molar-refractivity contribution is 5.25. The van der Waals surface area contributed by atoms with Gasteiger partial charge in [-0.15, -0.1) is 5.92 Å². The molecule has 0 unspecified atom stereocenters. The summed E-state index contributed by atoms with van der Waals surface area (Å²) in [6, 6.07) is 1.77. The van der Waals surface area contributed by atoms with Crippen LogP contribution < -0.4 is 5.32 Å². The van der Waals surface area contributed by atoms with Crippen molar-refractivity contribution >= 4 is 5.95 Å². The maximum Gasteiger partial charge on any atom is 0.223 e. The summed E-state index contributed by atoms with van der Waals surface area (Å²) >= 11 is 0. The SMILES string of the molecule is CC#CCNc1ncccn1. The molecular formula is C8H9N3. The minimum Gasteiger partial charge on any atom is -0.343 e. The van der Waals surface area contributed by atoms with E-state index in [9.17, 15) is 0 Å². The molecule has 0 radical (unpaired) electrons. The van der Waals surface area contributed by atoms with E-state index < -0.39 is 0 Å². The zero-order chi connectivity index (χ0) is 7.94. The molecule has 1 aromatic rings. The van der Waals surface area contributed by atoms with E-state index in [1.807, 2.05) is 0 Å². The fraction of sp³-hybridized carbons (Fsp3) is 0.250. The minimum atomic E-state index is 0.598. The zero-order valence-corrected chi connectivity index (χ0v) is 6.33. The second-order valence-corrected chi connectivity index (χ2v) is 1.85. The van der Waals surface area contributed by atoms with E-state index in [4.69, 9.17) is 0 Å². The van der Waals surface area contributed by atoms with Gasteiger partial charge in [0, 0.05) is 12.4 Å². The molecule has 0 atom stereocenters. The molecule has 11 heavy (non-hydrogen) atoms. The molecule has 3 nitrogen and oxygen atoms in total. The van der Waals surface area contributed by atoms with Gasteiger partial charge < -0.3 is 5.32 Å². The normalized spacial score (nSPS) is 8.09. The Balaban J connectivity index is 2.43. The van der Waals surface area contributed by atoms with E-state index in [2.05, 4.69) is 27.1 Å². The van der Waals surface area contributed by atoms with E-state index in [0.29, 0.717) is 12.5 Å². The van der Waals surface area contributed by atoms with Crippen LogP contribution >= 0.6 is 0 Å². The molecular weight excluding hydrogens is 138 g/mol. The van der Waals surface area contributed by atoms with Crippen LogP contribution in [0.15, 0.2) is 18.5 Å². The Morgan fingerprint density at radius 2 is 2.18 bits per heavy atom. The molecule has 0 aromatic carbocycles. The maximum atomic E-state index is 3.96. The Kier molecular flexibility index (Phi) is 2.94. The van der Waals surface area contributed by atoms with Crippen molar-refractivity contribution in [3.8, 4) is 11.8 Å². The van der Waals surface area contributed by atoms with Crippen LogP contribution in [-0.4, -0.2) is 16.5 Å². The number of anilines is 1.